The molecule has 0 saturated carbocycles. The van der Waals surface area contributed by atoms with Gasteiger partial charge >= 0.3 is 0 Å². The molecule has 0 radical (unpaired) electrons. The van der Waals surface area contributed by atoms with Gasteiger partial charge in [-0.3, -0.25) is 0 Å². The molecule has 0 N–H and O–H groups in total. The minimum atomic E-state index is 0.143. The van der Waals surface area contributed by atoms with E-state index in [0.29, 0.717) is 22.6 Å². The van der Waals surface area contributed by atoms with Crippen molar-refractivity contribution in [3.63, 3.8) is 0 Å². The summed E-state index contributed by atoms with van der Waals surface area (Å²) in [7, 11) is 1.62. The molecule has 118 valence electrons. The predicted molar refractivity (Wildman–Crippen MR) is 89.8 cm³/mol. The Bertz CT molecular complexity index is 805. The highest BCUT2D eigenvalue weighted by molar-refractivity contribution is 9.10. The molecule has 3 aromatic rings. The number of hydrogen-bond donors (Lipinski definition) is 0. The Labute approximate surface area is 146 Å². The number of hydrogen-bond acceptors (Lipinski definition) is 5. The van der Waals surface area contributed by atoms with Gasteiger partial charge in [0, 0.05) is 10.0 Å². The summed E-state index contributed by atoms with van der Waals surface area (Å²) in [6.45, 7) is 0.143. The van der Waals surface area contributed by atoms with Gasteiger partial charge in [0.05, 0.1) is 12.1 Å². The maximum Gasteiger partial charge on any atom is 0.254 e. The van der Waals surface area contributed by atoms with E-state index in [2.05, 4.69) is 26.1 Å². The first-order valence-electron chi connectivity index (χ1n) is 6.70. The van der Waals surface area contributed by atoms with Crippen LogP contribution in [0.15, 0.2) is 51.4 Å². The van der Waals surface area contributed by atoms with E-state index >= 15 is 0 Å². The Kier molecular flexibility index (Phi) is 4.83. The van der Waals surface area contributed by atoms with Gasteiger partial charge in [-0.25, -0.2) is 0 Å². The molecule has 0 aliphatic rings. The van der Waals surface area contributed by atoms with Gasteiger partial charge in [-0.2, -0.15) is 0 Å². The summed E-state index contributed by atoms with van der Waals surface area (Å²) < 4.78 is 17.2. The van der Waals surface area contributed by atoms with Crippen LogP contribution in [0.2, 0.25) is 5.02 Å². The number of halogens is 2. The third-order valence-electron chi connectivity index (χ3n) is 3.05. The third-order valence-corrected chi connectivity index (χ3v) is 3.84. The predicted octanol–water partition coefficient (Wildman–Crippen LogP) is 4.74. The quantitative estimate of drug-likeness (QED) is 0.624. The number of rotatable bonds is 5. The normalized spacial score (nSPS) is 10.6. The Morgan fingerprint density at radius 1 is 1.13 bits per heavy atom. The Hall–Kier alpha value is -2.05. The number of methoxy groups -OCH3 is 1. The first-order chi connectivity index (χ1) is 11.2. The molecule has 2 aromatic carbocycles. The van der Waals surface area contributed by atoms with Crippen LogP contribution < -0.4 is 9.47 Å². The fourth-order valence-corrected chi connectivity index (χ4v) is 2.62. The molecule has 0 unspecified atom stereocenters. The summed E-state index contributed by atoms with van der Waals surface area (Å²) in [5, 5.41) is 8.49. The Balaban J connectivity index is 1.69. The van der Waals surface area contributed by atoms with E-state index in [1.807, 2.05) is 30.3 Å². The van der Waals surface area contributed by atoms with Crippen LogP contribution >= 0.6 is 27.5 Å². The topological polar surface area (TPSA) is 57.4 Å². The van der Waals surface area contributed by atoms with Crippen LogP contribution in [0.25, 0.3) is 11.5 Å². The maximum absolute atomic E-state index is 6.09. The second-order valence-electron chi connectivity index (χ2n) is 4.59. The number of ether oxygens (including phenoxy) is 2. The number of benzene rings is 2. The second kappa shape index (κ2) is 7.02. The molecule has 5 nitrogen and oxygen atoms in total. The molecule has 0 fully saturated rings. The van der Waals surface area contributed by atoms with Crippen molar-refractivity contribution in [2.24, 2.45) is 0 Å². The van der Waals surface area contributed by atoms with E-state index in [9.17, 15) is 0 Å². The Morgan fingerprint density at radius 3 is 2.61 bits per heavy atom. The van der Waals surface area contributed by atoms with Gasteiger partial charge in [-0.15, -0.1) is 10.2 Å². The van der Waals surface area contributed by atoms with Crippen molar-refractivity contribution in [3.8, 4) is 23.0 Å². The van der Waals surface area contributed by atoms with Crippen LogP contribution in [-0.2, 0) is 6.61 Å². The number of nitrogens with zero attached hydrogens (tertiary/aromatic N) is 2. The molecule has 23 heavy (non-hydrogen) atoms. The van der Waals surface area contributed by atoms with Crippen molar-refractivity contribution in [1.82, 2.24) is 10.2 Å². The molecule has 0 spiro atoms. The van der Waals surface area contributed by atoms with Gasteiger partial charge in [0.1, 0.15) is 11.5 Å². The van der Waals surface area contributed by atoms with Crippen LogP contribution in [0.4, 0.5) is 0 Å². The second-order valence-corrected chi connectivity index (χ2v) is 5.92. The lowest BCUT2D eigenvalue weighted by Gasteiger charge is -2.05. The minimum absolute atomic E-state index is 0.143. The van der Waals surface area contributed by atoms with Crippen LogP contribution in [0, 0.1) is 0 Å². The summed E-state index contributed by atoms with van der Waals surface area (Å²) in [5.41, 5.74) is 0.811. The summed E-state index contributed by atoms with van der Waals surface area (Å²) in [6.07, 6.45) is 0. The molecular formula is C16H12BrClN2O3. The molecule has 0 amide bonds. The minimum Gasteiger partial charge on any atom is -0.497 e. The zero-order valence-electron chi connectivity index (χ0n) is 12.1. The van der Waals surface area contributed by atoms with Crippen LogP contribution in [0.3, 0.4) is 0 Å². The SMILES string of the molecule is COc1ccc(-c2nnc(COc3ccc(Br)cc3Cl)o2)cc1. The van der Waals surface area contributed by atoms with Crippen molar-refractivity contribution >= 4 is 27.5 Å². The molecule has 1 heterocycles. The van der Waals surface area contributed by atoms with Gasteiger partial charge in [-0.1, -0.05) is 27.5 Å². The monoisotopic (exact) mass is 394 g/mol. The average molecular weight is 396 g/mol. The van der Waals surface area contributed by atoms with Crippen molar-refractivity contribution in [2.75, 3.05) is 7.11 Å². The van der Waals surface area contributed by atoms with E-state index < -0.39 is 0 Å². The van der Waals surface area contributed by atoms with Crippen LogP contribution in [-0.4, -0.2) is 17.3 Å². The molecule has 0 saturated heterocycles. The van der Waals surface area contributed by atoms with Gasteiger partial charge in [0.25, 0.3) is 5.89 Å². The smallest absolute Gasteiger partial charge is 0.254 e. The summed E-state index contributed by atoms with van der Waals surface area (Å²) in [5.74, 6) is 2.11. The largest absolute Gasteiger partial charge is 0.497 e. The molecule has 0 atom stereocenters. The van der Waals surface area contributed by atoms with Crippen molar-refractivity contribution in [1.29, 1.82) is 0 Å². The maximum atomic E-state index is 6.09. The highest BCUT2D eigenvalue weighted by Crippen LogP contribution is 2.28. The third kappa shape index (κ3) is 3.83. The van der Waals surface area contributed by atoms with Crippen LogP contribution in [0.1, 0.15) is 5.89 Å². The summed E-state index contributed by atoms with van der Waals surface area (Å²) in [4.78, 5) is 0. The van der Waals surface area contributed by atoms with E-state index in [0.717, 1.165) is 15.8 Å². The fraction of sp³-hybridized carbons (Fsp3) is 0.125. The fourth-order valence-electron chi connectivity index (χ4n) is 1.89. The lowest BCUT2D eigenvalue weighted by molar-refractivity contribution is 0.264. The highest BCUT2D eigenvalue weighted by atomic mass is 79.9. The van der Waals surface area contributed by atoms with E-state index in [1.54, 1.807) is 19.2 Å². The zero-order valence-corrected chi connectivity index (χ0v) is 14.5. The molecule has 0 aliphatic carbocycles. The molecule has 0 bridgehead atoms. The molecule has 1 aromatic heterocycles. The van der Waals surface area contributed by atoms with E-state index in [4.69, 9.17) is 25.5 Å². The first kappa shape index (κ1) is 15.8. The van der Waals surface area contributed by atoms with Crippen molar-refractivity contribution in [3.05, 3.63) is 57.9 Å². The molecule has 0 aliphatic heterocycles. The molecule has 3 rings (SSSR count). The molecule has 7 heteroatoms. The van der Waals surface area contributed by atoms with E-state index in [1.165, 1.54) is 0 Å². The number of aromatic nitrogens is 2. The summed E-state index contributed by atoms with van der Waals surface area (Å²) >= 11 is 9.43. The highest BCUT2D eigenvalue weighted by Gasteiger charge is 2.10. The van der Waals surface area contributed by atoms with Crippen molar-refractivity contribution in [2.45, 2.75) is 6.61 Å². The molecular weight excluding hydrogens is 384 g/mol. The first-order valence-corrected chi connectivity index (χ1v) is 7.87. The van der Waals surface area contributed by atoms with Gasteiger partial charge in [-0.05, 0) is 42.5 Å². The van der Waals surface area contributed by atoms with E-state index in [-0.39, 0.29) is 6.61 Å². The Morgan fingerprint density at radius 2 is 1.91 bits per heavy atom. The lowest BCUT2D eigenvalue weighted by Crippen LogP contribution is -1.96. The van der Waals surface area contributed by atoms with Gasteiger partial charge in [0.15, 0.2) is 6.61 Å². The van der Waals surface area contributed by atoms with Crippen molar-refractivity contribution < 1.29 is 13.9 Å². The standard InChI is InChI=1S/C16H12BrClN2O3/c1-21-12-5-2-10(3-6-12)16-20-19-15(23-16)9-22-14-7-4-11(17)8-13(14)18/h2-8H,9H2,1H3. The summed E-state index contributed by atoms with van der Waals surface area (Å²) in [6, 6.07) is 12.7. The van der Waals surface area contributed by atoms with Crippen LogP contribution in [0.5, 0.6) is 11.5 Å². The van der Waals surface area contributed by atoms with Gasteiger partial charge < -0.3 is 13.9 Å². The lowest BCUT2D eigenvalue weighted by atomic mass is 10.2. The zero-order chi connectivity index (χ0) is 16.2. The average Bonchev–Trinajstić information content (AvgIpc) is 3.03. The van der Waals surface area contributed by atoms with Gasteiger partial charge in [0.2, 0.25) is 5.89 Å².